The van der Waals surface area contributed by atoms with Crippen molar-refractivity contribution in [2.24, 2.45) is 11.7 Å². The molecule has 1 atom stereocenters. The summed E-state index contributed by atoms with van der Waals surface area (Å²) < 4.78 is 85.4. The van der Waals surface area contributed by atoms with Gasteiger partial charge in [0.1, 0.15) is 16.6 Å². The molecule has 2 fully saturated rings. The number of carbonyl (C=O) groups excluding carboxylic acids is 4. The average molecular weight is 1150 g/mol. The molecule has 4 aromatic heterocycles. The molecular weight excluding hydrogens is 1090 g/mol. The molecule has 2 aliphatic rings. The zero-order valence-corrected chi connectivity index (χ0v) is 43.1. The standard InChI is InChI=1S/C20H23F3N4O2S.C20H18F3N3O2S.C6H11NO.CH3I.2CH4/c1-11-16(13-7-8-24-15(10-13)19(3,4)20(21,22)23)30-17(25-11)26-18(29)27-9-5-6-14(27)12(2)28;1-12-16(13-9-10-24-15(11-13)19(2,3)20(21,22)23)29-17(25-12)26-18(27)28-14-7-5-4-6-8-14;7-6(8)5-3-1-2-4-5;1-2;;/h7-8,10,14H,5-6,9H2,1-4H3,(H,25,26,29);4-11H,1-3H3,(H,25,26,27);5H,1-4H2,(H2,7,8);1H3;2*1H4/t14-;;;;;/m0...../s1. The molecule has 4 N–H and O–H groups in total. The van der Waals surface area contributed by atoms with Gasteiger partial charge in [-0.3, -0.25) is 30.2 Å². The van der Waals surface area contributed by atoms with Gasteiger partial charge in [0.15, 0.2) is 16.0 Å². The van der Waals surface area contributed by atoms with E-state index in [2.05, 4.69) is 53.2 Å². The second kappa shape index (κ2) is 26.5. The molecule has 4 amide bonds. The molecule has 0 bridgehead atoms. The third-order valence-corrected chi connectivity index (χ3v) is 13.7. The lowest BCUT2D eigenvalue weighted by Crippen LogP contribution is -2.42. The Kier molecular flexibility index (Phi) is 23.1. The summed E-state index contributed by atoms with van der Waals surface area (Å²) in [6, 6.07) is 13.8. The third kappa shape index (κ3) is 16.1. The number of aryl methyl sites for hydroxylation is 2. The van der Waals surface area contributed by atoms with Crippen LogP contribution in [0.25, 0.3) is 20.9 Å². The fourth-order valence-corrected chi connectivity index (χ4v) is 8.97. The quantitative estimate of drug-likeness (QED) is 0.0735. The van der Waals surface area contributed by atoms with Crippen LogP contribution < -0.4 is 21.1 Å². The van der Waals surface area contributed by atoms with Gasteiger partial charge in [0.05, 0.1) is 38.6 Å². The smallest absolute Gasteiger partial charge is 0.410 e. The molecule has 7 rings (SSSR count). The molecule has 0 radical (unpaired) electrons. The Morgan fingerprint density at radius 1 is 0.718 bits per heavy atom. The van der Waals surface area contributed by atoms with Crippen LogP contribution in [-0.2, 0) is 20.4 Å². The first-order valence-electron chi connectivity index (χ1n) is 21.6. The summed E-state index contributed by atoms with van der Waals surface area (Å²) >= 11 is 4.47. The monoisotopic (exact) mass is 1150 g/mol. The van der Waals surface area contributed by atoms with E-state index >= 15 is 0 Å². The maximum Gasteiger partial charge on any atom is 0.418 e. The Labute approximate surface area is 433 Å². The Morgan fingerprint density at radius 2 is 1.17 bits per heavy atom. The molecule has 5 aromatic rings. The molecule has 1 saturated heterocycles. The van der Waals surface area contributed by atoms with Gasteiger partial charge < -0.3 is 15.4 Å². The zero-order chi connectivity index (χ0) is 51.5. The van der Waals surface area contributed by atoms with Crippen molar-refractivity contribution >= 4 is 79.3 Å². The molecule has 0 spiro atoms. The number of nitrogens with zero attached hydrogens (tertiary/aromatic N) is 5. The van der Waals surface area contributed by atoms with E-state index in [1.165, 1.54) is 60.5 Å². The van der Waals surface area contributed by atoms with Crippen LogP contribution in [0.5, 0.6) is 5.75 Å². The normalized spacial score (nSPS) is 14.7. The zero-order valence-electron chi connectivity index (χ0n) is 39.3. The largest absolute Gasteiger partial charge is 0.418 e. The fraction of sp³-hybridized carbons (Fsp3) is 0.469. The van der Waals surface area contributed by atoms with E-state index in [1.807, 2.05) is 4.93 Å². The van der Waals surface area contributed by atoms with E-state index in [1.54, 1.807) is 56.3 Å². The van der Waals surface area contributed by atoms with Gasteiger partial charge in [-0.05, 0) is 127 Å². The molecule has 1 aliphatic heterocycles. The molecule has 1 aromatic carbocycles. The third-order valence-electron chi connectivity index (χ3n) is 11.5. The van der Waals surface area contributed by atoms with Crippen LogP contribution >= 0.6 is 45.3 Å². The predicted molar refractivity (Wildman–Crippen MR) is 278 cm³/mol. The number of halogens is 7. The van der Waals surface area contributed by atoms with Gasteiger partial charge in [0, 0.05) is 24.9 Å². The number of urea groups is 1. The first-order valence-corrected chi connectivity index (χ1v) is 25.4. The number of pyridine rings is 2. The minimum absolute atomic E-state index is 0. The van der Waals surface area contributed by atoms with Gasteiger partial charge in [-0.1, -0.05) is 91.2 Å². The van der Waals surface area contributed by atoms with Crippen molar-refractivity contribution in [1.82, 2.24) is 24.8 Å². The van der Waals surface area contributed by atoms with Crippen molar-refractivity contribution in [3.63, 3.8) is 0 Å². The minimum atomic E-state index is -4.44. The van der Waals surface area contributed by atoms with Crippen molar-refractivity contribution in [2.45, 2.75) is 131 Å². The number of nitrogens with one attached hydrogen (secondary N) is 2. The van der Waals surface area contributed by atoms with E-state index in [0.29, 0.717) is 56.1 Å². The Hall–Kier alpha value is -5.23. The number of alkyl halides is 7. The number of nitrogens with two attached hydrogens (primary N) is 1. The Balaban J connectivity index is 0.000000398. The van der Waals surface area contributed by atoms with Crippen molar-refractivity contribution in [3.8, 4) is 26.6 Å². The molecule has 13 nitrogen and oxygen atoms in total. The van der Waals surface area contributed by atoms with Crippen molar-refractivity contribution in [1.29, 1.82) is 0 Å². The number of amides is 4. The second-order valence-corrected chi connectivity index (χ2v) is 19.1. The minimum Gasteiger partial charge on any atom is -0.410 e. The number of thiazole rings is 2. The molecule has 1 aliphatic carbocycles. The highest BCUT2D eigenvalue weighted by molar-refractivity contribution is 14.1. The molecular formula is C49H63F6IN8O5S2. The van der Waals surface area contributed by atoms with Gasteiger partial charge in [0.25, 0.3) is 0 Å². The fourth-order valence-electron chi connectivity index (χ4n) is 7.07. The van der Waals surface area contributed by atoms with E-state index < -0.39 is 41.3 Å². The van der Waals surface area contributed by atoms with Crippen molar-refractivity contribution < 1.29 is 50.3 Å². The summed E-state index contributed by atoms with van der Waals surface area (Å²) in [6.07, 6.45) is -1.07. The predicted octanol–water partition coefficient (Wildman–Crippen LogP) is 13.9. The molecule has 0 unspecified atom stereocenters. The van der Waals surface area contributed by atoms with Gasteiger partial charge in [-0.25, -0.2) is 19.6 Å². The summed E-state index contributed by atoms with van der Waals surface area (Å²) in [5.41, 5.74) is 2.94. The average Bonchev–Trinajstić information content (AvgIpc) is 4.13. The first kappa shape index (κ1) is 61.9. The number of likely N-dealkylation sites (tertiary alicyclic amines) is 1. The highest BCUT2D eigenvalue weighted by atomic mass is 127. The van der Waals surface area contributed by atoms with Crippen LogP contribution in [-0.4, -0.2) is 78.5 Å². The first-order chi connectivity index (χ1) is 32.3. The van der Waals surface area contributed by atoms with Crippen LogP contribution in [0.4, 0.5) is 46.2 Å². The molecule has 5 heterocycles. The number of primary amides is 1. The topological polar surface area (TPSA) is 182 Å². The molecule has 22 heteroatoms. The summed E-state index contributed by atoms with van der Waals surface area (Å²) in [4.78, 5) is 68.0. The van der Waals surface area contributed by atoms with Crippen LogP contribution in [0, 0.1) is 19.8 Å². The number of ether oxygens (including phenoxy) is 1. The summed E-state index contributed by atoms with van der Waals surface area (Å²) in [5.74, 6) is 0.416. The number of hydrogen-bond acceptors (Lipinski definition) is 11. The van der Waals surface area contributed by atoms with Gasteiger partial charge in [-0.15, -0.1) is 0 Å². The molecule has 390 valence electrons. The van der Waals surface area contributed by atoms with Gasteiger partial charge >= 0.3 is 24.5 Å². The van der Waals surface area contributed by atoms with E-state index in [0.717, 1.165) is 58.3 Å². The Morgan fingerprint density at radius 3 is 1.58 bits per heavy atom. The van der Waals surface area contributed by atoms with E-state index in [9.17, 15) is 45.5 Å². The van der Waals surface area contributed by atoms with E-state index in [-0.39, 0.29) is 49.0 Å². The van der Waals surface area contributed by atoms with Crippen LogP contribution in [0.1, 0.15) is 111 Å². The summed E-state index contributed by atoms with van der Waals surface area (Å²) in [7, 11) is 0. The number of aromatic nitrogens is 4. The molecule has 1 saturated carbocycles. The van der Waals surface area contributed by atoms with Crippen LogP contribution in [0.3, 0.4) is 0 Å². The van der Waals surface area contributed by atoms with Crippen LogP contribution in [0.2, 0.25) is 0 Å². The number of benzene rings is 1. The summed E-state index contributed by atoms with van der Waals surface area (Å²) in [6.45, 7) is 9.76. The highest BCUT2D eigenvalue weighted by Crippen LogP contribution is 2.43. The number of carbonyl (C=O) groups is 4. The second-order valence-electron chi connectivity index (χ2n) is 17.1. The number of ketones is 1. The molecule has 71 heavy (non-hydrogen) atoms. The number of para-hydroxylation sites is 1. The number of Topliss-reactive ketones (excluding diaryl/α,β-unsaturated/α-hetero) is 1. The van der Waals surface area contributed by atoms with Gasteiger partial charge in [-0.2, -0.15) is 26.3 Å². The van der Waals surface area contributed by atoms with E-state index in [4.69, 9.17) is 10.5 Å². The van der Waals surface area contributed by atoms with Crippen molar-refractivity contribution in [3.05, 3.63) is 89.8 Å². The number of rotatable bonds is 9. The lowest BCUT2D eigenvalue weighted by molar-refractivity contribution is -0.181. The van der Waals surface area contributed by atoms with Crippen LogP contribution in [0.15, 0.2) is 67.0 Å². The maximum atomic E-state index is 13.4. The Bertz CT molecular complexity index is 2550. The SMILES string of the molecule is C.C.CC(=O)[C@@H]1CCCN1C(=O)Nc1nc(C)c(-c2ccnc(C(C)(C)C(F)(F)F)c2)s1.CI.Cc1nc(NC(=O)Oc2ccccc2)sc1-c1ccnc(C(C)(C)C(F)(F)F)c1.NC(=O)C1CCCC1. The van der Waals surface area contributed by atoms with Crippen molar-refractivity contribution in [2.75, 3.05) is 22.1 Å². The maximum absolute atomic E-state index is 13.4. The highest BCUT2D eigenvalue weighted by Gasteiger charge is 2.50. The lowest BCUT2D eigenvalue weighted by atomic mass is 9.87. The lowest BCUT2D eigenvalue weighted by Gasteiger charge is -2.27. The van der Waals surface area contributed by atoms with Gasteiger partial charge in [0.2, 0.25) is 5.91 Å². The number of hydrogen-bond donors (Lipinski definition) is 3. The summed E-state index contributed by atoms with van der Waals surface area (Å²) in [5, 5.41) is 5.87. The number of anilines is 2.